The predicted octanol–water partition coefficient (Wildman–Crippen LogP) is 4.74. The van der Waals surface area contributed by atoms with Crippen LogP contribution in [0.3, 0.4) is 0 Å². The van der Waals surface area contributed by atoms with Gasteiger partial charge in [0, 0.05) is 16.7 Å². The standard InChI is InChI=1S/C20H28N2O/c1-13(2)14-6-8-15(9-7-14)18(23)22-21-17-12-16-10-11-20(17,5)19(16,3)4/h6-9,13,16H,10-12H2,1-5H3,(H,22,23)/b21-17-/t16-,20+/m0/s1. The van der Waals surface area contributed by atoms with E-state index in [0.717, 1.165) is 6.42 Å². The van der Waals surface area contributed by atoms with E-state index in [9.17, 15) is 4.79 Å². The summed E-state index contributed by atoms with van der Waals surface area (Å²) >= 11 is 0. The topological polar surface area (TPSA) is 41.5 Å². The maximum absolute atomic E-state index is 12.3. The molecule has 2 fully saturated rings. The molecule has 2 atom stereocenters. The Kier molecular flexibility index (Phi) is 3.86. The number of fused-ring (bicyclic) bond motifs is 2. The second-order valence-electron chi connectivity index (χ2n) is 8.27. The van der Waals surface area contributed by atoms with Crippen LogP contribution in [0.2, 0.25) is 0 Å². The molecular weight excluding hydrogens is 284 g/mol. The number of amides is 1. The van der Waals surface area contributed by atoms with Crippen LogP contribution in [0.4, 0.5) is 0 Å². The SMILES string of the molecule is CC(C)c1ccc(C(=O)N/N=C2/C[C@@H]3CC[C@@]2(C)C3(C)C)cc1. The van der Waals surface area contributed by atoms with Gasteiger partial charge in [-0.05, 0) is 54.2 Å². The highest BCUT2D eigenvalue weighted by Gasteiger charge is 2.59. The van der Waals surface area contributed by atoms with Crippen molar-refractivity contribution < 1.29 is 4.79 Å². The van der Waals surface area contributed by atoms with Crippen molar-refractivity contribution in [2.24, 2.45) is 21.8 Å². The molecule has 0 heterocycles. The van der Waals surface area contributed by atoms with E-state index in [2.05, 4.69) is 45.1 Å². The first-order chi connectivity index (χ1) is 10.8. The number of hydrogen-bond donors (Lipinski definition) is 1. The highest BCUT2D eigenvalue weighted by atomic mass is 16.2. The Morgan fingerprint density at radius 3 is 2.35 bits per heavy atom. The summed E-state index contributed by atoms with van der Waals surface area (Å²) in [5.74, 6) is 1.06. The molecular formula is C20H28N2O. The molecule has 2 saturated carbocycles. The van der Waals surface area contributed by atoms with Crippen LogP contribution < -0.4 is 5.43 Å². The first-order valence-corrected chi connectivity index (χ1v) is 8.73. The Morgan fingerprint density at radius 2 is 1.87 bits per heavy atom. The van der Waals surface area contributed by atoms with Crippen LogP contribution >= 0.6 is 0 Å². The van der Waals surface area contributed by atoms with Gasteiger partial charge in [0.2, 0.25) is 0 Å². The van der Waals surface area contributed by atoms with Crippen molar-refractivity contribution in [3.8, 4) is 0 Å². The molecule has 2 aliphatic rings. The number of nitrogens with one attached hydrogen (secondary N) is 1. The maximum atomic E-state index is 12.3. The molecule has 3 rings (SSSR count). The fourth-order valence-corrected chi connectivity index (χ4v) is 4.30. The van der Waals surface area contributed by atoms with Gasteiger partial charge in [0.15, 0.2) is 0 Å². The van der Waals surface area contributed by atoms with Crippen LogP contribution in [0.5, 0.6) is 0 Å². The monoisotopic (exact) mass is 312 g/mol. The van der Waals surface area contributed by atoms with Crippen LogP contribution in [0.15, 0.2) is 29.4 Å². The largest absolute Gasteiger partial charge is 0.271 e. The van der Waals surface area contributed by atoms with Gasteiger partial charge in [-0.15, -0.1) is 0 Å². The third-order valence-electron chi connectivity index (χ3n) is 6.64. The van der Waals surface area contributed by atoms with Gasteiger partial charge < -0.3 is 0 Å². The predicted molar refractivity (Wildman–Crippen MR) is 94.7 cm³/mol. The first kappa shape index (κ1) is 16.2. The number of rotatable bonds is 3. The second kappa shape index (κ2) is 5.47. The zero-order valence-corrected chi connectivity index (χ0v) is 14.9. The lowest BCUT2D eigenvalue weighted by molar-refractivity contribution is 0.0954. The summed E-state index contributed by atoms with van der Waals surface area (Å²) in [6.45, 7) is 11.3. The Morgan fingerprint density at radius 1 is 1.22 bits per heavy atom. The minimum atomic E-state index is -0.114. The second-order valence-corrected chi connectivity index (χ2v) is 8.27. The number of hydrogen-bond acceptors (Lipinski definition) is 2. The van der Waals surface area contributed by atoms with E-state index in [-0.39, 0.29) is 16.7 Å². The summed E-state index contributed by atoms with van der Waals surface area (Å²) in [5, 5.41) is 4.52. The number of hydrazone groups is 1. The third kappa shape index (κ3) is 2.50. The smallest absolute Gasteiger partial charge is 0.267 e. The van der Waals surface area contributed by atoms with E-state index in [1.165, 1.54) is 24.1 Å². The van der Waals surface area contributed by atoms with Gasteiger partial charge in [-0.2, -0.15) is 5.10 Å². The normalized spacial score (nSPS) is 30.2. The zero-order chi connectivity index (χ0) is 16.8. The van der Waals surface area contributed by atoms with Crippen molar-refractivity contribution in [2.75, 3.05) is 0 Å². The van der Waals surface area contributed by atoms with Crippen LogP contribution in [0.25, 0.3) is 0 Å². The Labute approximate surface area is 139 Å². The van der Waals surface area contributed by atoms with Crippen LogP contribution in [0, 0.1) is 16.7 Å². The summed E-state index contributed by atoms with van der Waals surface area (Å²) in [6.07, 6.45) is 3.49. The Bertz CT molecular complexity index is 642. The lowest BCUT2D eigenvalue weighted by Crippen LogP contribution is -2.34. The van der Waals surface area contributed by atoms with Gasteiger partial charge in [-0.3, -0.25) is 4.79 Å². The van der Waals surface area contributed by atoms with Crippen molar-refractivity contribution in [1.29, 1.82) is 0 Å². The van der Waals surface area contributed by atoms with E-state index in [4.69, 9.17) is 0 Å². The molecule has 2 bridgehead atoms. The highest BCUT2D eigenvalue weighted by molar-refractivity contribution is 5.98. The molecule has 0 aliphatic heterocycles. The van der Waals surface area contributed by atoms with Gasteiger partial charge in [-0.25, -0.2) is 5.43 Å². The van der Waals surface area contributed by atoms with Gasteiger partial charge in [0.25, 0.3) is 5.91 Å². The molecule has 23 heavy (non-hydrogen) atoms. The highest BCUT2D eigenvalue weighted by Crippen LogP contribution is 2.63. The van der Waals surface area contributed by atoms with E-state index >= 15 is 0 Å². The maximum Gasteiger partial charge on any atom is 0.271 e. The molecule has 0 radical (unpaired) electrons. The molecule has 3 nitrogen and oxygen atoms in total. The van der Waals surface area contributed by atoms with Crippen molar-refractivity contribution in [3.63, 3.8) is 0 Å². The average Bonchev–Trinajstić information content (AvgIpc) is 2.85. The van der Waals surface area contributed by atoms with Crippen molar-refractivity contribution in [1.82, 2.24) is 5.43 Å². The zero-order valence-electron chi connectivity index (χ0n) is 14.9. The van der Waals surface area contributed by atoms with Crippen LogP contribution in [-0.4, -0.2) is 11.6 Å². The fraction of sp³-hybridized carbons (Fsp3) is 0.600. The van der Waals surface area contributed by atoms with Crippen molar-refractivity contribution in [3.05, 3.63) is 35.4 Å². The molecule has 1 amide bonds. The molecule has 1 aromatic carbocycles. The molecule has 124 valence electrons. The van der Waals surface area contributed by atoms with E-state index < -0.39 is 0 Å². The van der Waals surface area contributed by atoms with Crippen LogP contribution in [-0.2, 0) is 0 Å². The molecule has 0 spiro atoms. The molecule has 1 aromatic rings. The molecule has 0 unspecified atom stereocenters. The summed E-state index contributed by atoms with van der Waals surface area (Å²) in [6, 6.07) is 7.82. The minimum Gasteiger partial charge on any atom is -0.267 e. The summed E-state index contributed by atoms with van der Waals surface area (Å²) < 4.78 is 0. The fourth-order valence-electron chi connectivity index (χ4n) is 4.30. The molecule has 3 heteroatoms. The number of benzene rings is 1. The number of nitrogens with zero attached hydrogens (tertiary/aromatic N) is 1. The first-order valence-electron chi connectivity index (χ1n) is 8.73. The minimum absolute atomic E-state index is 0.114. The molecule has 1 N–H and O–H groups in total. The Balaban J connectivity index is 1.72. The number of carbonyl (C=O) groups is 1. The van der Waals surface area contributed by atoms with Crippen molar-refractivity contribution >= 4 is 11.6 Å². The van der Waals surface area contributed by atoms with E-state index in [0.29, 0.717) is 17.4 Å². The summed E-state index contributed by atoms with van der Waals surface area (Å²) in [4.78, 5) is 12.3. The summed E-state index contributed by atoms with van der Waals surface area (Å²) in [5.41, 5.74) is 6.30. The van der Waals surface area contributed by atoms with Gasteiger partial charge in [0.1, 0.15) is 0 Å². The van der Waals surface area contributed by atoms with Crippen LogP contribution in [0.1, 0.15) is 75.7 Å². The average molecular weight is 312 g/mol. The molecule has 0 saturated heterocycles. The quantitative estimate of drug-likeness (QED) is 0.805. The van der Waals surface area contributed by atoms with Gasteiger partial charge >= 0.3 is 0 Å². The van der Waals surface area contributed by atoms with Gasteiger partial charge in [-0.1, -0.05) is 46.8 Å². The lowest BCUT2D eigenvalue weighted by atomic mass is 9.70. The molecule has 0 aromatic heterocycles. The third-order valence-corrected chi connectivity index (χ3v) is 6.64. The lowest BCUT2D eigenvalue weighted by Gasteiger charge is -2.34. The van der Waals surface area contributed by atoms with E-state index in [1.54, 1.807) is 0 Å². The molecule has 2 aliphatic carbocycles. The van der Waals surface area contributed by atoms with Gasteiger partial charge in [0.05, 0.1) is 0 Å². The Hall–Kier alpha value is -1.64. The number of carbonyl (C=O) groups excluding carboxylic acids is 1. The van der Waals surface area contributed by atoms with Crippen molar-refractivity contribution in [2.45, 2.75) is 59.8 Å². The summed E-state index contributed by atoms with van der Waals surface area (Å²) in [7, 11) is 0. The van der Waals surface area contributed by atoms with E-state index in [1.807, 2.05) is 24.3 Å².